The molecule has 1 aromatic carbocycles. The zero-order valence-corrected chi connectivity index (χ0v) is 20.7. The Morgan fingerprint density at radius 2 is 1.91 bits per heavy atom. The third-order valence-corrected chi connectivity index (χ3v) is 8.98. The number of nitrogens with two attached hydrogens (primary N) is 2. The summed E-state index contributed by atoms with van der Waals surface area (Å²) in [4.78, 5) is 13.4. The molecular weight excluding hydrogens is 440 g/mol. The van der Waals surface area contributed by atoms with Gasteiger partial charge in [0.15, 0.2) is 5.79 Å². The number of amidine groups is 1. The van der Waals surface area contributed by atoms with Gasteiger partial charge in [-0.3, -0.25) is 0 Å². The van der Waals surface area contributed by atoms with Crippen molar-refractivity contribution < 1.29 is 9.47 Å². The van der Waals surface area contributed by atoms with Crippen LogP contribution in [0.3, 0.4) is 0 Å². The summed E-state index contributed by atoms with van der Waals surface area (Å²) < 4.78 is 15.3. The lowest BCUT2D eigenvalue weighted by molar-refractivity contribution is -0.161. The van der Waals surface area contributed by atoms with Crippen molar-refractivity contribution in [2.75, 3.05) is 5.73 Å². The molecule has 2 aromatic heterocycles. The standard InChI is InChI=1S/C27H32N6O2/c1-25(2)16-6-5-14(11-18(16)32-24(25)29)7-9-27-12-17(27)19(20-21(27)35-26(3,4)34-20)33-10-8-15-22(28)30-13-31-23(15)33/h5-6,8,10-11,13,17,19-21H,7,9,12H2,1-4H3,(H2,29,32)(H2,28,30,31)/t17-,19-,20+,21+,27-/m1/s1. The molecular formula is C27H32N6O2. The fourth-order valence-corrected chi connectivity index (χ4v) is 7.00. The Hall–Kier alpha value is -2.97. The van der Waals surface area contributed by atoms with Crippen LogP contribution in [0.5, 0.6) is 0 Å². The highest BCUT2D eigenvalue weighted by Crippen LogP contribution is 2.73. The summed E-state index contributed by atoms with van der Waals surface area (Å²) >= 11 is 0. The SMILES string of the molecule is CC1(C)O[C@H]2[C@H](n3ccc4c(N)ncnc43)[C@H]3C[C@@]3(CCc3ccc4c(c3)N=C(N)C4(C)C)[C@H]2O1. The van der Waals surface area contributed by atoms with Gasteiger partial charge in [-0.1, -0.05) is 12.1 Å². The Bertz CT molecular complexity index is 1410. The second-order valence-corrected chi connectivity index (χ2v) is 11.7. The summed E-state index contributed by atoms with van der Waals surface area (Å²) in [7, 11) is 0. The van der Waals surface area contributed by atoms with Gasteiger partial charge < -0.3 is 25.5 Å². The number of aromatic nitrogens is 3. The minimum absolute atomic E-state index is 0.0132. The van der Waals surface area contributed by atoms with Gasteiger partial charge in [0.05, 0.1) is 23.2 Å². The Kier molecular flexibility index (Phi) is 4.03. The molecule has 0 unspecified atom stereocenters. The molecule has 3 fully saturated rings. The number of aliphatic imine (C=N–C) groups is 1. The second-order valence-electron chi connectivity index (χ2n) is 11.7. The van der Waals surface area contributed by atoms with Gasteiger partial charge in [-0.15, -0.1) is 0 Å². The maximum atomic E-state index is 6.57. The molecule has 0 spiro atoms. The number of benzene rings is 1. The van der Waals surface area contributed by atoms with E-state index in [2.05, 4.69) is 57.8 Å². The van der Waals surface area contributed by atoms with E-state index in [4.69, 9.17) is 20.9 Å². The molecule has 8 nitrogen and oxygen atoms in total. The molecule has 3 aromatic rings. The smallest absolute Gasteiger partial charge is 0.163 e. The zero-order valence-electron chi connectivity index (χ0n) is 20.7. The summed E-state index contributed by atoms with van der Waals surface area (Å²) in [5.41, 5.74) is 16.6. The van der Waals surface area contributed by atoms with Gasteiger partial charge in [-0.05, 0) is 76.1 Å². The normalized spacial score (nSPS) is 33.4. The van der Waals surface area contributed by atoms with E-state index < -0.39 is 5.79 Å². The lowest BCUT2D eigenvalue weighted by Gasteiger charge is -2.24. The molecule has 0 amide bonds. The topological polar surface area (TPSA) is 114 Å². The van der Waals surface area contributed by atoms with E-state index in [-0.39, 0.29) is 29.1 Å². The summed E-state index contributed by atoms with van der Waals surface area (Å²) in [6.45, 7) is 8.30. The van der Waals surface area contributed by atoms with Crippen molar-refractivity contribution in [3.63, 3.8) is 0 Å². The highest BCUT2D eigenvalue weighted by atomic mass is 16.8. The van der Waals surface area contributed by atoms with E-state index in [9.17, 15) is 0 Å². The number of hydrogen-bond donors (Lipinski definition) is 2. The van der Waals surface area contributed by atoms with E-state index in [1.165, 1.54) is 11.1 Å². The molecule has 5 atom stereocenters. The lowest BCUT2D eigenvalue weighted by Crippen LogP contribution is -2.32. The number of nitrogen functional groups attached to an aromatic ring is 1. The van der Waals surface area contributed by atoms with Gasteiger partial charge in [0, 0.05) is 17.0 Å². The first-order chi connectivity index (χ1) is 16.6. The van der Waals surface area contributed by atoms with Gasteiger partial charge in [0.2, 0.25) is 0 Å². The molecule has 7 rings (SSSR count). The monoisotopic (exact) mass is 472 g/mol. The molecule has 182 valence electrons. The van der Waals surface area contributed by atoms with Gasteiger partial charge in [0.25, 0.3) is 0 Å². The molecule has 2 saturated carbocycles. The van der Waals surface area contributed by atoms with Crippen molar-refractivity contribution in [1.82, 2.24) is 14.5 Å². The van der Waals surface area contributed by atoms with Crippen LogP contribution in [-0.4, -0.2) is 38.4 Å². The van der Waals surface area contributed by atoms with Gasteiger partial charge in [-0.2, -0.15) is 0 Å². The Balaban J connectivity index is 1.20. The van der Waals surface area contributed by atoms with Crippen molar-refractivity contribution in [1.29, 1.82) is 0 Å². The second kappa shape index (κ2) is 6.62. The first-order valence-corrected chi connectivity index (χ1v) is 12.5. The third-order valence-electron chi connectivity index (χ3n) is 8.98. The van der Waals surface area contributed by atoms with Crippen molar-refractivity contribution in [3.05, 3.63) is 47.9 Å². The van der Waals surface area contributed by atoms with Crippen LogP contribution in [0.15, 0.2) is 41.8 Å². The highest BCUT2D eigenvalue weighted by Gasteiger charge is 2.75. The molecule has 0 bridgehead atoms. The van der Waals surface area contributed by atoms with Crippen LogP contribution >= 0.6 is 0 Å². The van der Waals surface area contributed by atoms with Crippen LogP contribution in [0, 0.1) is 11.3 Å². The fourth-order valence-electron chi connectivity index (χ4n) is 7.00. The number of fused-ring (bicyclic) bond motifs is 5. The number of anilines is 1. The number of nitrogens with zero attached hydrogens (tertiary/aromatic N) is 4. The van der Waals surface area contributed by atoms with Crippen molar-refractivity contribution in [2.45, 2.75) is 76.4 Å². The lowest BCUT2D eigenvalue weighted by atomic mass is 9.84. The summed E-state index contributed by atoms with van der Waals surface area (Å²) in [6, 6.07) is 8.83. The minimum atomic E-state index is -0.601. The van der Waals surface area contributed by atoms with Crippen LogP contribution < -0.4 is 11.5 Å². The van der Waals surface area contributed by atoms with Crippen LogP contribution in [0.25, 0.3) is 11.0 Å². The number of rotatable bonds is 4. The molecule has 2 aliphatic carbocycles. The third kappa shape index (κ3) is 2.84. The summed E-state index contributed by atoms with van der Waals surface area (Å²) in [5, 5.41) is 0.890. The largest absolute Gasteiger partial charge is 0.386 e. The summed E-state index contributed by atoms with van der Waals surface area (Å²) in [5.74, 6) is 1.07. The van der Waals surface area contributed by atoms with Gasteiger partial charge in [0.1, 0.15) is 29.7 Å². The average Bonchev–Trinajstić information content (AvgIpc) is 3.00. The van der Waals surface area contributed by atoms with Crippen LogP contribution in [0.1, 0.15) is 57.7 Å². The van der Waals surface area contributed by atoms with Crippen LogP contribution in [-0.2, 0) is 21.3 Å². The predicted octanol–water partition coefficient (Wildman–Crippen LogP) is 4.01. The van der Waals surface area contributed by atoms with Crippen LogP contribution in [0.2, 0.25) is 0 Å². The molecule has 0 radical (unpaired) electrons. The minimum Gasteiger partial charge on any atom is -0.386 e. The summed E-state index contributed by atoms with van der Waals surface area (Å²) in [6.07, 6.45) is 6.83. The van der Waals surface area contributed by atoms with Crippen LogP contribution in [0.4, 0.5) is 11.5 Å². The molecule has 2 aliphatic heterocycles. The maximum Gasteiger partial charge on any atom is 0.163 e. The predicted molar refractivity (Wildman–Crippen MR) is 134 cm³/mol. The Morgan fingerprint density at radius 1 is 1.09 bits per heavy atom. The Morgan fingerprint density at radius 3 is 2.74 bits per heavy atom. The molecule has 35 heavy (non-hydrogen) atoms. The molecule has 1 saturated heterocycles. The van der Waals surface area contributed by atoms with Crippen molar-refractivity contribution >= 4 is 28.4 Å². The first-order valence-electron chi connectivity index (χ1n) is 12.5. The van der Waals surface area contributed by atoms with E-state index >= 15 is 0 Å². The first kappa shape index (κ1) is 21.3. The molecule has 8 heteroatoms. The van der Waals surface area contributed by atoms with Gasteiger partial charge in [-0.25, -0.2) is 15.0 Å². The molecule has 4 heterocycles. The molecule has 4 N–H and O–H groups in total. The molecule has 4 aliphatic rings. The van der Waals surface area contributed by atoms with E-state index in [0.717, 1.165) is 36.0 Å². The average molecular weight is 473 g/mol. The number of hydrogen-bond acceptors (Lipinski definition) is 7. The number of aryl methyl sites for hydroxylation is 1. The fraction of sp³-hybridized carbons (Fsp3) is 0.519. The maximum absolute atomic E-state index is 6.57. The quantitative estimate of drug-likeness (QED) is 0.593. The van der Waals surface area contributed by atoms with E-state index in [0.29, 0.717) is 17.6 Å². The van der Waals surface area contributed by atoms with Gasteiger partial charge >= 0.3 is 0 Å². The van der Waals surface area contributed by atoms with E-state index in [1.54, 1.807) is 6.33 Å². The zero-order chi connectivity index (χ0) is 24.3. The van der Waals surface area contributed by atoms with E-state index in [1.807, 2.05) is 19.9 Å². The number of ether oxygens (including phenoxy) is 2. The van der Waals surface area contributed by atoms with Crippen molar-refractivity contribution in [3.8, 4) is 0 Å². The Labute approximate surface area is 204 Å². The van der Waals surface area contributed by atoms with Crippen molar-refractivity contribution in [2.24, 2.45) is 22.1 Å². The highest BCUT2D eigenvalue weighted by molar-refractivity contribution is 5.98.